The fraction of sp³-hybridized carbons (Fsp3) is 0.136. The van der Waals surface area contributed by atoms with E-state index in [4.69, 9.17) is 16.3 Å². The van der Waals surface area contributed by atoms with Gasteiger partial charge in [-0.15, -0.1) is 5.10 Å². The number of anilines is 1. The lowest BCUT2D eigenvalue weighted by Crippen LogP contribution is -2.16. The van der Waals surface area contributed by atoms with E-state index in [1.807, 2.05) is 37.3 Å². The van der Waals surface area contributed by atoms with Crippen LogP contribution in [0.2, 0.25) is 5.02 Å². The number of benzene rings is 2. The van der Waals surface area contributed by atoms with Crippen molar-refractivity contribution in [3.05, 3.63) is 82.9 Å². The molecule has 4 aromatic rings. The van der Waals surface area contributed by atoms with E-state index in [0.717, 1.165) is 17.0 Å². The van der Waals surface area contributed by atoms with Crippen molar-refractivity contribution in [2.75, 3.05) is 12.4 Å². The largest absolute Gasteiger partial charge is 0.497 e. The molecule has 0 spiro atoms. The summed E-state index contributed by atoms with van der Waals surface area (Å²) in [5.41, 5.74) is 3.08. The van der Waals surface area contributed by atoms with Crippen LogP contribution in [0.1, 0.15) is 21.7 Å². The molecular weight excluding hydrogens is 448 g/mol. The number of rotatable bonds is 7. The van der Waals surface area contributed by atoms with Crippen molar-refractivity contribution in [3.63, 3.8) is 0 Å². The van der Waals surface area contributed by atoms with Crippen LogP contribution in [0.25, 0.3) is 5.69 Å². The van der Waals surface area contributed by atoms with Crippen LogP contribution in [0.4, 0.5) is 5.69 Å². The lowest BCUT2D eigenvalue weighted by atomic mass is 10.2. The molecule has 162 valence electrons. The second-order valence-electron chi connectivity index (χ2n) is 6.73. The van der Waals surface area contributed by atoms with Gasteiger partial charge in [0.15, 0.2) is 10.9 Å². The fourth-order valence-corrected chi connectivity index (χ4v) is 3.91. The molecule has 1 amide bonds. The van der Waals surface area contributed by atoms with Crippen LogP contribution >= 0.6 is 23.4 Å². The maximum Gasteiger partial charge on any atom is 0.278 e. The summed E-state index contributed by atoms with van der Waals surface area (Å²) in [6.07, 6.45) is 3.34. The number of ether oxygens (including phenoxy) is 1. The summed E-state index contributed by atoms with van der Waals surface area (Å²) < 4.78 is 6.86. The second kappa shape index (κ2) is 9.80. The van der Waals surface area contributed by atoms with Gasteiger partial charge in [0.1, 0.15) is 5.75 Å². The van der Waals surface area contributed by atoms with Crippen molar-refractivity contribution in [2.24, 2.45) is 0 Å². The minimum Gasteiger partial charge on any atom is -0.497 e. The zero-order valence-corrected chi connectivity index (χ0v) is 18.9. The molecule has 8 nitrogen and oxygen atoms in total. The van der Waals surface area contributed by atoms with Gasteiger partial charge in [0.2, 0.25) is 0 Å². The number of thioether (sulfide) groups is 1. The predicted molar refractivity (Wildman–Crippen MR) is 124 cm³/mol. The molecule has 2 aromatic carbocycles. The highest BCUT2D eigenvalue weighted by Gasteiger charge is 2.22. The van der Waals surface area contributed by atoms with E-state index >= 15 is 0 Å². The van der Waals surface area contributed by atoms with Gasteiger partial charge in [-0.25, -0.2) is 14.6 Å². The Morgan fingerprint density at radius 1 is 1.16 bits per heavy atom. The van der Waals surface area contributed by atoms with E-state index < -0.39 is 0 Å². The number of amides is 1. The summed E-state index contributed by atoms with van der Waals surface area (Å²) in [5, 5.41) is 12.4. The molecule has 0 bridgehead atoms. The van der Waals surface area contributed by atoms with Crippen LogP contribution in [0.3, 0.4) is 0 Å². The van der Waals surface area contributed by atoms with E-state index in [-0.39, 0.29) is 11.6 Å². The van der Waals surface area contributed by atoms with Crippen molar-refractivity contribution < 1.29 is 9.53 Å². The quantitative estimate of drug-likeness (QED) is 0.315. The molecule has 0 aliphatic rings. The molecule has 32 heavy (non-hydrogen) atoms. The highest BCUT2D eigenvalue weighted by Crippen LogP contribution is 2.25. The van der Waals surface area contributed by atoms with Gasteiger partial charge >= 0.3 is 0 Å². The van der Waals surface area contributed by atoms with Crippen LogP contribution in [0, 0.1) is 6.92 Å². The number of aryl methyl sites for hydroxylation is 1. The van der Waals surface area contributed by atoms with Crippen LogP contribution in [-0.2, 0) is 5.75 Å². The smallest absolute Gasteiger partial charge is 0.278 e. The Balaban J connectivity index is 1.68. The van der Waals surface area contributed by atoms with Crippen molar-refractivity contribution >= 4 is 35.0 Å². The van der Waals surface area contributed by atoms with Gasteiger partial charge in [-0.2, -0.15) is 0 Å². The summed E-state index contributed by atoms with van der Waals surface area (Å²) in [4.78, 5) is 21.6. The standard InChI is InChI=1S/C22H19ClN6O2S/c1-14-4-5-15(23)12-18(14)26-21(30)20-19(13-32-22-24-10-3-11-25-22)29(28-27-20)16-6-8-17(31-2)9-7-16/h3-12H,13H2,1-2H3,(H,26,30). The van der Waals surface area contributed by atoms with Gasteiger partial charge in [0.25, 0.3) is 5.91 Å². The molecule has 1 N–H and O–H groups in total. The van der Waals surface area contributed by atoms with E-state index in [9.17, 15) is 4.79 Å². The molecule has 2 aromatic heterocycles. The first kappa shape index (κ1) is 21.8. The maximum absolute atomic E-state index is 13.1. The highest BCUT2D eigenvalue weighted by molar-refractivity contribution is 7.98. The monoisotopic (exact) mass is 466 g/mol. The molecule has 0 saturated heterocycles. The van der Waals surface area contributed by atoms with Crippen LogP contribution in [-0.4, -0.2) is 38.0 Å². The summed E-state index contributed by atoms with van der Waals surface area (Å²) in [5.74, 6) is 0.733. The summed E-state index contributed by atoms with van der Waals surface area (Å²) >= 11 is 7.48. The van der Waals surface area contributed by atoms with Crippen LogP contribution in [0.15, 0.2) is 66.1 Å². The van der Waals surface area contributed by atoms with Crippen molar-refractivity contribution in [2.45, 2.75) is 17.8 Å². The number of methoxy groups -OCH3 is 1. The summed E-state index contributed by atoms with van der Waals surface area (Å²) in [6.45, 7) is 1.89. The number of halogens is 1. The molecule has 0 fully saturated rings. The maximum atomic E-state index is 13.1. The van der Waals surface area contributed by atoms with E-state index in [1.165, 1.54) is 11.8 Å². The molecule has 4 rings (SSSR count). The molecule has 0 radical (unpaired) electrons. The van der Waals surface area contributed by atoms with Crippen molar-refractivity contribution in [1.29, 1.82) is 0 Å². The SMILES string of the molecule is COc1ccc(-n2nnc(C(=O)Nc3cc(Cl)ccc3C)c2CSc2ncccn2)cc1. The second-order valence-corrected chi connectivity index (χ2v) is 8.11. The van der Waals surface area contributed by atoms with Gasteiger partial charge < -0.3 is 10.1 Å². The molecule has 0 aliphatic heterocycles. The normalized spacial score (nSPS) is 10.7. The average Bonchev–Trinajstić information content (AvgIpc) is 3.25. The number of nitrogens with one attached hydrogen (secondary N) is 1. The average molecular weight is 467 g/mol. The third-order valence-corrected chi connectivity index (χ3v) is 5.75. The van der Waals surface area contributed by atoms with E-state index in [0.29, 0.717) is 27.3 Å². The number of carbonyl (C=O) groups is 1. The first-order valence-corrected chi connectivity index (χ1v) is 11.0. The van der Waals surface area contributed by atoms with Crippen LogP contribution in [0.5, 0.6) is 5.75 Å². The van der Waals surface area contributed by atoms with Gasteiger partial charge in [0.05, 0.1) is 18.5 Å². The van der Waals surface area contributed by atoms with Gasteiger partial charge in [-0.3, -0.25) is 4.79 Å². The minimum atomic E-state index is -0.375. The van der Waals surface area contributed by atoms with Crippen molar-refractivity contribution in [1.82, 2.24) is 25.0 Å². The fourth-order valence-electron chi connectivity index (χ4n) is 2.94. The predicted octanol–water partition coefficient (Wildman–Crippen LogP) is 4.57. The van der Waals surface area contributed by atoms with Gasteiger partial charge in [0, 0.05) is 28.9 Å². The third-order valence-electron chi connectivity index (χ3n) is 4.62. The van der Waals surface area contributed by atoms with Crippen molar-refractivity contribution in [3.8, 4) is 11.4 Å². The molecule has 2 heterocycles. The number of hydrogen-bond donors (Lipinski definition) is 1. The van der Waals surface area contributed by atoms with Crippen LogP contribution < -0.4 is 10.1 Å². The number of nitrogens with zero attached hydrogens (tertiary/aromatic N) is 5. The number of carbonyl (C=O) groups excluding carboxylic acids is 1. The Kier molecular flexibility index (Phi) is 6.67. The zero-order valence-electron chi connectivity index (χ0n) is 17.3. The van der Waals surface area contributed by atoms with Gasteiger partial charge in [-0.05, 0) is 55.0 Å². The Morgan fingerprint density at radius 3 is 2.62 bits per heavy atom. The molecule has 10 heteroatoms. The Labute approximate surface area is 194 Å². The molecule has 0 atom stereocenters. The summed E-state index contributed by atoms with van der Waals surface area (Å²) in [7, 11) is 1.60. The van der Waals surface area contributed by atoms with E-state index in [1.54, 1.807) is 42.4 Å². The number of aromatic nitrogens is 5. The highest BCUT2D eigenvalue weighted by atomic mass is 35.5. The Bertz CT molecular complexity index is 1230. The summed E-state index contributed by atoms with van der Waals surface area (Å²) in [6, 6.07) is 14.4. The number of hydrogen-bond acceptors (Lipinski definition) is 7. The third kappa shape index (κ3) is 4.90. The Morgan fingerprint density at radius 2 is 1.91 bits per heavy atom. The Hall–Kier alpha value is -3.43. The van der Waals surface area contributed by atoms with Gasteiger partial charge in [-0.1, -0.05) is 34.6 Å². The molecular formula is C22H19ClN6O2S. The molecule has 0 unspecified atom stereocenters. The first-order chi connectivity index (χ1) is 15.5. The molecule has 0 aliphatic carbocycles. The lowest BCUT2D eigenvalue weighted by molar-refractivity contribution is 0.102. The first-order valence-electron chi connectivity index (χ1n) is 9.61. The topological polar surface area (TPSA) is 94.8 Å². The molecule has 0 saturated carbocycles. The zero-order chi connectivity index (χ0) is 22.5. The lowest BCUT2D eigenvalue weighted by Gasteiger charge is -2.10. The van der Waals surface area contributed by atoms with E-state index in [2.05, 4.69) is 25.6 Å². The minimum absolute atomic E-state index is 0.212.